The molecule has 0 N–H and O–H groups in total. The summed E-state index contributed by atoms with van der Waals surface area (Å²) in [5, 5.41) is 0. The number of anilines is 1. The zero-order chi connectivity index (χ0) is 16.8. The van der Waals surface area contributed by atoms with Gasteiger partial charge in [-0.2, -0.15) is 0 Å². The van der Waals surface area contributed by atoms with Gasteiger partial charge < -0.3 is 4.57 Å². The predicted octanol–water partition coefficient (Wildman–Crippen LogP) is 4.31. The molecule has 0 fully saturated rings. The molecule has 0 atom stereocenters. The van der Waals surface area contributed by atoms with Crippen molar-refractivity contribution in [3.63, 3.8) is 0 Å². The molecule has 1 amide bonds. The minimum absolute atomic E-state index is 0.0203. The predicted molar refractivity (Wildman–Crippen MR) is 100 cm³/mol. The van der Waals surface area contributed by atoms with E-state index in [1.165, 1.54) is 11.1 Å². The third-order valence-electron chi connectivity index (χ3n) is 4.69. The number of carbonyl (C=O) groups is 1. The van der Waals surface area contributed by atoms with E-state index < -0.39 is 0 Å². The van der Waals surface area contributed by atoms with Gasteiger partial charge in [0.05, 0.1) is 22.3 Å². The Kier molecular flexibility index (Phi) is 3.21. The van der Waals surface area contributed by atoms with Gasteiger partial charge in [0.1, 0.15) is 5.82 Å². The lowest BCUT2D eigenvalue weighted by molar-refractivity contribution is 0.0984. The fraction of sp³-hybridized carbons (Fsp3) is 0.100. The van der Waals surface area contributed by atoms with E-state index in [-0.39, 0.29) is 5.91 Å². The van der Waals surface area contributed by atoms with Gasteiger partial charge in [-0.25, -0.2) is 4.98 Å². The van der Waals surface area contributed by atoms with Crippen LogP contribution >= 0.6 is 11.3 Å². The van der Waals surface area contributed by atoms with Crippen LogP contribution in [0.5, 0.6) is 0 Å². The largest absolute Gasteiger partial charge is 0.330 e. The van der Waals surface area contributed by atoms with Gasteiger partial charge in [0.15, 0.2) is 0 Å². The van der Waals surface area contributed by atoms with Crippen LogP contribution in [0.2, 0.25) is 0 Å². The highest BCUT2D eigenvalue weighted by atomic mass is 32.1. The molecule has 5 heteroatoms. The SMILES string of the molecule is O=C(c1ccc2ncsc2c1)N1Cc2ccccc2Cn2cccc21. The van der Waals surface area contributed by atoms with Gasteiger partial charge in [-0.1, -0.05) is 24.3 Å². The lowest BCUT2D eigenvalue weighted by atomic mass is 10.1. The van der Waals surface area contributed by atoms with Crippen molar-refractivity contribution in [1.82, 2.24) is 9.55 Å². The van der Waals surface area contributed by atoms with Crippen LogP contribution < -0.4 is 4.90 Å². The number of hydrogen-bond acceptors (Lipinski definition) is 3. The Bertz CT molecular complexity index is 1090. The molecule has 4 nitrogen and oxygen atoms in total. The summed E-state index contributed by atoms with van der Waals surface area (Å²) < 4.78 is 3.17. The molecule has 1 aliphatic heterocycles. The molecule has 0 spiro atoms. The van der Waals surface area contributed by atoms with Crippen molar-refractivity contribution >= 4 is 33.3 Å². The van der Waals surface area contributed by atoms with E-state index in [1.807, 2.05) is 53.0 Å². The van der Waals surface area contributed by atoms with E-state index in [9.17, 15) is 4.79 Å². The molecule has 1 aliphatic rings. The van der Waals surface area contributed by atoms with Crippen LogP contribution in [0.4, 0.5) is 5.82 Å². The third-order valence-corrected chi connectivity index (χ3v) is 5.48. The molecule has 2 aromatic heterocycles. The molecular formula is C20H15N3OS. The Labute approximate surface area is 149 Å². The fourth-order valence-corrected chi connectivity index (χ4v) is 4.12. The van der Waals surface area contributed by atoms with Crippen LogP contribution in [0.3, 0.4) is 0 Å². The summed E-state index contributed by atoms with van der Waals surface area (Å²) >= 11 is 1.56. The van der Waals surface area contributed by atoms with E-state index in [0.29, 0.717) is 12.1 Å². The second-order valence-electron chi connectivity index (χ2n) is 6.19. The normalized spacial score (nSPS) is 13.4. The Morgan fingerprint density at radius 2 is 1.84 bits per heavy atom. The number of amides is 1. The topological polar surface area (TPSA) is 38.1 Å². The van der Waals surface area contributed by atoms with Crippen LogP contribution in [0.15, 0.2) is 66.3 Å². The van der Waals surface area contributed by atoms with Crippen molar-refractivity contribution in [2.75, 3.05) is 4.90 Å². The van der Waals surface area contributed by atoms with Crippen molar-refractivity contribution < 1.29 is 4.79 Å². The first-order valence-electron chi connectivity index (χ1n) is 8.17. The summed E-state index contributed by atoms with van der Waals surface area (Å²) in [4.78, 5) is 19.4. The number of rotatable bonds is 1. The Morgan fingerprint density at radius 3 is 2.72 bits per heavy atom. The van der Waals surface area contributed by atoms with Crippen LogP contribution in [0.25, 0.3) is 10.2 Å². The van der Waals surface area contributed by atoms with Crippen molar-refractivity contribution in [3.8, 4) is 0 Å². The van der Waals surface area contributed by atoms with Crippen LogP contribution in [0.1, 0.15) is 21.5 Å². The van der Waals surface area contributed by atoms with Gasteiger partial charge in [0, 0.05) is 18.3 Å². The Balaban J connectivity index is 1.61. The Morgan fingerprint density at radius 1 is 1.00 bits per heavy atom. The van der Waals surface area contributed by atoms with Gasteiger partial charge >= 0.3 is 0 Å². The smallest absolute Gasteiger partial charge is 0.259 e. The minimum atomic E-state index is 0.0203. The van der Waals surface area contributed by atoms with Crippen molar-refractivity contribution in [2.45, 2.75) is 13.1 Å². The molecule has 0 aliphatic carbocycles. The molecule has 0 saturated carbocycles. The molecule has 3 heterocycles. The maximum absolute atomic E-state index is 13.3. The van der Waals surface area contributed by atoms with Gasteiger partial charge in [0.25, 0.3) is 5.91 Å². The lowest BCUT2D eigenvalue weighted by Gasteiger charge is -2.22. The average Bonchev–Trinajstić information content (AvgIpc) is 3.26. The molecule has 5 rings (SSSR count). The van der Waals surface area contributed by atoms with Gasteiger partial charge in [-0.15, -0.1) is 11.3 Å². The summed E-state index contributed by atoms with van der Waals surface area (Å²) in [6, 6.07) is 18.1. The average molecular weight is 345 g/mol. The van der Waals surface area contributed by atoms with E-state index in [4.69, 9.17) is 0 Å². The zero-order valence-corrected chi connectivity index (χ0v) is 14.2. The first-order valence-corrected chi connectivity index (χ1v) is 9.04. The maximum Gasteiger partial charge on any atom is 0.259 e. The number of fused-ring (bicyclic) bond motifs is 3. The number of thiazole rings is 1. The fourth-order valence-electron chi connectivity index (χ4n) is 3.40. The van der Waals surface area contributed by atoms with Gasteiger partial charge in [-0.05, 0) is 41.5 Å². The third kappa shape index (κ3) is 2.36. The van der Waals surface area contributed by atoms with Crippen LogP contribution in [-0.4, -0.2) is 15.5 Å². The monoisotopic (exact) mass is 345 g/mol. The molecule has 25 heavy (non-hydrogen) atoms. The van der Waals surface area contributed by atoms with E-state index >= 15 is 0 Å². The summed E-state index contributed by atoms with van der Waals surface area (Å²) in [6.07, 6.45) is 2.03. The molecule has 0 saturated heterocycles. The standard InChI is InChI=1S/C20H15N3OS/c24-20(14-7-8-17-18(10-14)25-13-21-17)23-12-16-5-2-1-4-15(16)11-22-9-3-6-19(22)23/h1-10,13H,11-12H2. The van der Waals surface area contributed by atoms with Crippen molar-refractivity contribution in [2.24, 2.45) is 0 Å². The second-order valence-corrected chi connectivity index (χ2v) is 7.08. The molecule has 122 valence electrons. The van der Waals surface area contributed by atoms with E-state index in [2.05, 4.69) is 27.8 Å². The van der Waals surface area contributed by atoms with E-state index in [1.54, 1.807) is 11.3 Å². The number of nitrogens with zero attached hydrogens (tertiary/aromatic N) is 3. The highest BCUT2D eigenvalue weighted by Gasteiger charge is 2.25. The second kappa shape index (κ2) is 5.57. The molecule has 0 bridgehead atoms. The number of carbonyl (C=O) groups excluding carboxylic acids is 1. The van der Waals surface area contributed by atoms with Gasteiger partial charge in [-0.3, -0.25) is 9.69 Å². The van der Waals surface area contributed by atoms with Gasteiger partial charge in [0.2, 0.25) is 0 Å². The Hall–Kier alpha value is -2.92. The van der Waals surface area contributed by atoms with Crippen molar-refractivity contribution in [3.05, 3.63) is 83.0 Å². The first-order chi connectivity index (χ1) is 12.3. The summed E-state index contributed by atoms with van der Waals surface area (Å²) in [5.41, 5.74) is 5.90. The number of aromatic nitrogens is 2. The molecule has 0 radical (unpaired) electrons. The highest BCUT2D eigenvalue weighted by molar-refractivity contribution is 7.16. The molecular weight excluding hydrogens is 330 g/mol. The van der Waals surface area contributed by atoms with Crippen LogP contribution in [-0.2, 0) is 13.1 Å². The number of benzene rings is 2. The van der Waals surface area contributed by atoms with E-state index in [0.717, 1.165) is 22.6 Å². The quantitative estimate of drug-likeness (QED) is 0.516. The summed E-state index contributed by atoms with van der Waals surface area (Å²) in [5.74, 6) is 0.956. The highest BCUT2D eigenvalue weighted by Crippen LogP contribution is 2.28. The summed E-state index contributed by atoms with van der Waals surface area (Å²) in [6.45, 7) is 1.37. The molecule has 2 aromatic carbocycles. The van der Waals surface area contributed by atoms with Crippen LogP contribution in [0, 0.1) is 0 Å². The zero-order valence-electron chi connectivity index (χ0n) is 13.4. The summed E-state index contributed by atoms with van der Waals surface area (Å²) in [7, 11) is 0. The first kappa shape index (κ1) is 14.4. The minimum Gasteiger partial charge on any atom is -0.330 e. The number of hydrogen-bond donors (Lipinski definition) is 0. The maximum atomic E-state index is 13.3. The molecule has 0 unspecified atom stereocenters. The lowest BCUT2D eigenvalue weighted by Crippen LogP contribution is -2.31. The molecule has 4 aromatic rings. The van der Waals surface area contributed by atoms with Crippen molar-refractivity contribution in [1.29, 1.82) is 0 Å².